The van der Waals surface area contributed by atoms with Gasteiger partial charge in [-0.3, -0.25) is 0 Å². The summed E-state index contributed by atoms with van der Waals surface area (Å²) in [5.74, 6) is 0.650. The summed E-state index contributed by atoms with van der Waals surface area (Å²) in [5, 5.41) is 11.7. The Morgan fingerprint density at radius 3 is 2.39 bits per heavy atom. The molecule has 0 spiro atoms. The lowest BCUT2D eigenvalue weighted by Crippen LogP contribution is -2.03. The van der Waals surface area contributed by atoms with Crippen LogP contribution in [0.4, 0.5) is 5.82 Å². The number of nitrogens with one attached hydrogen (secondary N) is 1. The summed E-state index contributed by atoms with van der Waals surface area (Å²) < 4.78 is 0. The van der Waals surface area contributed by atoms with E-state index >= 15 is 0 Å². The topological polar surface area (TPSA) is 87.6 Å². The van der Waals surface area contributed by atoms with E-state index in [0.717, 1.165) is 11.1 Å². The number of aromatic nitrogens is 2. The van der Waals surface area contributed by atoms with Crippen molar-refractivity contribution >= 4 is 5.82 Å². The fourth-order valence-electron chi connectivity index (χ4n) is 1.46. The number of hydrogen-bond donors (Lipinski definition) is 2. The molecule has 0 unspecified atom stereocenters. The summed E-state index contributed by atoms with van der Waals surface area (Å²) in [6.45, 7) is 1.21. The van der Waals surface area contributed by atoms with Crippen LogP contribution in [0, 0.1) is 11.3 Å². The van der Waals surface area contributed by atoms with Crippen molar-refractivity contribution in [3.05, 3.63) is 53.5 Å². The molecular formula is C13H13N5. The van der Waals surface area contributed by atoms with Crippen LogP contribution in [0.3, 0.4) is 0 Å². The predicted molar refractivity (Wildman–Crippen MR) is 68.4 cm³/mol. The van der Waals surface area contributed by atoms with Crippen LogP contribution in [-0.4, -0.2) is 9.97 Å². The van der Waals surface area contributed by atoms with Gasteiger partial charge in [0.2, 0.25) is 0 Å². The fourth-order valence-corrected chi connectivity index (χ4v) is 1.46. The molecule has 2 rings (SSSR count). The average Bonchev–Trinajstić information content (AvgIpc) is 2.46. The molecule has 2 aromatic rings. The van der Waals surface area contributed by atoms with Crippen molar-refractivity contribution in [2.75, 3.05) is 5.32 Å². The quantitative estimate of drug-likeness (QED) is 0.842. The Balaban J connectivity index is 1.95. The fraction of sp³-hybridized carbons (Fsp3) is 0.154. The maximum absolute atomic E-state index is 8.60. The SMILES string of the molecule is N#Cc1cnc(NCc2ccc(CN)cc2)cn1. The molecule has 0 saturated carbocycles. The summed E-state index contributed by atoms with van der Waals surface area (Å²) in [7, 11) is 0. The zero-order valence-electron chi connectivity index (χ0n) is 9.80. The van der Waals surface area contributed by atoms with Gasteiger partial charge in [-0.1, -0.05) is 24.3 Å². The first-order valence-electron chi connectivity index (χ1n) is 5.55. The van der Waals surface area contributed by atoms with Crippen LogP contribution in [0.2, 0.25) is 0 Å². The van der Waals surface area contributed by atoms with Crippen LogP contribution in [-0.2, 0) is 13.1 Å². The van der Waals surface area contributed by atoms with Gasteiger partial charge in [0.25, 0.3) is 0 Å². The van der Waals surface area contributed by atoms with E-state index in [1.807, 2.05) is 30.3 Å². The molecule has 0 aliphatic heterocycles. The summed E-state index contributed by atoms with van der Waals surface area (Å²) >= 11 is 0. The van der Waals surface area contributed by atoms with E-state index in [2.05, 4.69) is 15.3 Å². The van der Waals surface area contributed by atoms with Crippen molar-refractivity contribution < 1.29 is 0 Å². The highest BCUT2D eigenvalue weighted by molar-refractivity contribution is 5.35. The van der Waals surface area contributed by atoms with E-state index in [1.54, 1.807) is 6.20 Å². The molecule has 0 fully saturated rings. The van der Waals surface area contributed by atoms with Crippen molar-refractivity contribution in [3.8, 4) is 6.07 Å². The molecule has 0 atom stereocenters. The van der Waals surface area contributed by atoms with Crippen molar-refractivity contribution in [1.82, 2.24) is 9.97 Å². The highest BCUT2D eigenvalue weighted by Crippen LogP contribution is 2.07. The summed E-state index contributed by atoms with van der Waals surface area (Å²) in [6.07, 6.45) is 2.99. The highest BCUT2D eigenvalue weighted by atomic mass is 15.0. The smallest absolute Gasteiger partial charge is 0.158 e. The first kappa shape index (κ1) is 12.0. The molecular weight excluding hydrogens is 226 g/mol. The van der Waals surface area contributed by atoms with Gasteiger partial charge in [0.15, 0.2) is 5.69 Å². The Hall–Kier alpha value is -2.45. The minimum absolute atomic E-state index is 0.313. The second-order valence-corrected chi connectivity index (χ2v) is 3.77. The molecule has 0 amide bonds. The van der Waals surface area contributed by atoms with Crippen molar-refractivity contribution in [2.24, 2.45) is 5.73 Å². The normalized spacial score (nSPS) is 9.78. The third kappa shape index (κ3) is 3.03. The van der Waals surface area contributed by atoms with Gasteiger partial charge in [-0.2, -0.15) is 5.26 Å². The molecule has 1 aromatic carbocycles. The molecule has 0 aliphatic carbocycles. The zero-order chi connectivity index (χ0) is 12.8. The number of anilines is 1. The van der Waals surface area contributed by atoms with Gasteiger partial charge in [0, 0.05) is 13.1 Å². The lowest BCUT2D eigenvalue weighted by atomic mass is 10.1. The van der Waals surface area contributed by atoms with E-state index < -0.39 is 0 Å². The number of benzene rings is 1. The number of hydrogen-bond acceptors (Lipinski definition) is 5. The van der Waals surface area contributed by atoms with Crippen LogP contribution < -0.4 is 11.1 Å². The number of nitrogens with zero attached hydrogens (tertiary/aromatic N) is 3. The lowest BCUT2D eigenvalue weighted by Gasteiger charge is -2.05. The lowest BCUT2D eigenvalue weighted by molar-refractivity contribution is 1.05. The Kier molecular flexibility index (Phi) is 3.84. The standard InChI is InChI=1S/C13H13N5/c14-5-10-1-3-11(4-2-10)7-17-13-9-16-12(6-15)8-18-13/h1-4,8-9H,5,7,14H2,(H,17,18). The molecule has 5 nitrogen and oxygen atoms in total. The molecule has 3 N–H and O–H groups in total. The van der Waals surface area contributed by atoms with Crippen LogP contribution in [0.5, 0.6) is 0 Å². The molecule has 0 bridgehead atoms. The van der Waals surface area contributed by atoms with Crippen molar-refractivity contribution in [3.63, 3.8) is 0 Å². The Labute approximate surface area is 105 Å². The van der Waals surface area contributed by atoms with E-state index in [9.17, 15) is 0 Å². The van der Waals surface area contributed by atoms with Crippen molar-refractivity contribution in [2.45, 2.75) is 13.1 Å². The van der Waals surface area contributed by atoms with Gasteiger partial charge >= 0.3 is 0 Å². The molecule has 90 valence electrons. The first-order chi connectivity index (χ1) is 8.81. The largest absolute Gasteiger partial charge is 0.365 e. The predicted octanol–water partition coefficient (Wildman–Crippen LogP) is 1.42. The molecule has 1 aromatic heterocycles. The molecule has 1 heterocycles. The molecule has 18 heavy (non-hydrogen) atoms. The van der Waals surface area contributed by atoms with E-state index in [4.69, 9.17) is 11.0 Å². The molecule has 0 saturated heterocycles. The Morgan fingerprint density at radius 2 is 1.83 bits per heavy atom. The van der Waals surface area contributed by atoms with Gasteiger partial charge in [-0.15, -0.1) is 0 Å². The van der Waals surface area contributed by atoms with Gasteiger partial charge in [-0.05, 0) is 11.1 Å². The summed E-state index contributed by atoms with van der Waals surface area (Å²) in [4.78, 5) is 8.02. The maximum Gasteiger partial charge on any atom is 0.158 e. The zero-order valence-corrected chi connectivity index (χ0v) is 9.80. The van der Waals surface area contributed by atoms with Gasteiger partial charge in [0.1, 0.15) is 11.9 Å². The number of nitriles is 1. The van der Waals surface area contributed by atoms with Crippen LogP contribution in [0.25, 0.3) is 0 Å². The summed E-state index contributed by atoms with van der Waals surface area (Å²) in [6, 6.07) is 9.97. The maximum atomic E-state index is 8.60. The third-order valence-corrected chi connectivity index (χ3v) is 2.50. The molecule has 0 radical (unpaired) electrons. The Bertz CT molecular complexity index is 539. The average molecular weight is 239 g/mol. The summed E-state index contributed by atoms with van der Waals surface area (Å²) in [5.41, 5.74) is 8.09. The first-order valence-corrected chi connectivity index (χ1v) is 5.55. The van der Waals surface area contributed by atoms with Crippen molar-refractivity contribution in [1.29, 1.82) is 5.26 Å². The van der Waals surface area contributed by atoms with E-state index in [1.165, 1.54) is 6.20 Å². The van der Waals surface area contributed by atoms with Crippen LogP contribution in [0.15, 0.2) is 36.7 Å². The van der Waals surface area contributed by atoms with Crippen LogP contribution >= 0.6 is 0 Å². The molecule has 0 aliphatic rings. The van der Waals surface area contributed by atoms with Crippen LogP contribution in [0.1, 0.15) is 16.8 Å². The third-order valence-electron chi connectivity index (χ3n) is 2.50. The monoisotopic (exact) mass is 239 g/mol. The minimum atomic E-state index is 0.313. The number of nitrogens with two attached hydrogens (primary N) is 1. The highest BCUT2D eigenvalue weighted by Gasteiger charge is 1.97. The van der Waals surface area contributed by atoms with E-state index in [-0.39, 0.29) is 0 Å². The second-order valence-electron chi connectivity index (χ2n) is 3.77. The van der Waals surface area contributed by atoms with Gasteiger partial charge < -0.3 is 11.1 Å². The number of rotatable bonds is 4. The van der Waals surface area contributed by atoms with Gasteiger partial charge in [0.05, 0.1) is 12.4 Å². The van der Waals surface area contributed by atoms with Gasteiger partial charge in [-0.25, -0.2) is 9.97 Å². The van der Waals surface area contributed by atoms with E-state index in [0.29, 0.717) is 24.6 Å². The molecule has 5 heteroatoms. The minimum Gasteiger partial charge on any atom is -0.365 e. The Morgan fingerprint density at radius 1 is 1.11 bits per heavy atom. The second kappa shape index (κ2) is 5.75.